The maximum atomic E-state index is 12.6. The molecular formula is C23H29N3O2. The summed E-state index contributed by atoms with van der Waals surface area (Å²) in [7, 11) is 0. The van der Waals surface area contributed by atoms with Gasteiger partial charge in [0.2, 0.25) is 0 Å². The number of aromatic nitrogens is 1. The number of hydrogen-bond acceptors (Lipinski definition) is 3. The first-order chi connectivity index (χ1) is 13.3. The number of carbonyl (C=O) groups excluding carboxylic acids is 2. The molecule has 5 nitrogen and oxygen atoms in total. The summed E-state index contributed by atoms with van der Waals surface area (Å²) in [6, 6.07) is 13.0. The quantitative estimate of drug-likeness (QED) is 0.809. The largest absolute Gasteiger partial charge is 0.348 e. The van der Waals surface area contributed by atoms with Crippen molar-refractivity contribution in [1.29, 1.82) is 0 Å². The Morgan fingerprint density at radius 3 is 2.11 bits per heavy atom. The Labute approximate surface area is 167 Å². The summed E-state index contributed by atoms with van der Waals surface area (Å²) in [5, 5.41) is 5.89. The van der Waals surface area contributed by atoms with Crippen LogP contribution >= 0.6 is 0 Å². The smallest absolute Gasteiger partial charge is 0.274 e. The van der Waals surface area contributed by atoms with Gasteiger partial charge < -0.3 is 10.6 Å². The highest BCUT2D eigenvalue weighted by molar-refractivity contribution is 6.03. The molecule has 0 radical (unpaired) electrons. The lowest BCUT2D eigenvalue weighted by atomic mass is 9.87. The van der Waals surface area contributed by atoms with Crippen molar-refractivity contribution >= 4 is 17.5 Å². The van der Waals surface area contributed by atoms with Crippen LogP contribution in [-0.4, -0.2) is 22.8 Å². The van der Waals surface area contributed by atoms with Crippen molar-refractivity contribution in [2.75, 3.05) is 5.32 Å². The van der Waals surface area contributed by atoms with Gasteiger partial charge in [-0.05, 0) is 48.1 Å². The van der Waals surface area contributed by atoms with Gasteiger partial charge in [0, 0.05) is 11.7 Å². The molecule has 1 saturated carbocycles. The zero-order valence-electron chi connectivity index (χ0n) is 16.9. The van der Waals surface area contributed by atoms with E-state index < -0.39 is 0 Å². The average Bonchev–Trinajstić information content (AvgIpc) is 2.68. The molecule has 1 aliphatic rings. The Bertz CT molecular complexity index is 832. The van der Waals surface area contributed by atoms with Crippen LogP contribution in [0.15, 0.2) is 42.5 Å². The summed E-state index contributed by atoms with van der Waals surface area (Å²) in [5.41, 5.74) is 2.48. The highest BCUT2D eigenvalue weighted by atomic mass is 16.2. The number of nitrogens with zero attached hydrogens (tertiary/aromatic N) is 1. The number of anilines is 1. The van der Waals surface area contributed by atoms with Gasteiger partial charge in [-0.1, -0.05) is 58.2 Å². The minimum atomic E-state index is -0.323. The number of benzene rings is 1. The maximum Gasteiger partial charge on any atom is 0.274 e. The van der Waals surface area contributed by atoms with Gasteiger partial charge in [0.15, 0.2) is 0 Å². The lowest BCUT2D eigenvalue weighted by molar-refractivity contribution is 0.0922. The van der Waals surface area contributed by atoms with Crippen LogP contribution in [0.25, 0.3) is 0 Å². The molecule has 3 rings (SSSR count). The second-order valence-electron chi connectivity index (χ2n) is 8.50. The fourth-order valence-corrected chi connectivity index (χ4v) is 3.44. The predicted molar refractivity (Wildman–Crippen MR) is 112 cm³/mol. The average molecular weight is 380 g/mol. The summed E-state index contributed by atoms with van der Waals surface area (Å²) in [4.78, 5) is 29.3. The molecule has 148 valence electrons. The minimum Gasteiger partial charge on any atom is -0.348 e. The van der Waals surface area contributed by atoms with Gasteiger partial charge in [0.1, 0.15) is 11.4 Å². The minimum absolute atomic E-state index is 0.0596. The molecule has 0 spiro atoms. The SMILES string of the molecule is CC(C)(C)c1ccc(NC(=O)c2cccc(C(=O)NC3CCCCC3)n2)cc1. The van der Waals surface area contributed by atoms with Crippen molar-refractivity contribution in [1.82, 2.24) is 10.3 Å². The summed E-state index contributed by atoms with van der Waals surface area (Å²) >= 11 is 0. The van der Waals surface area contributed by atoms with E-state index in [2.05, 4.69) is 36.4 Å². The highest BCUT2D eigenvalue weighted by Crippen LogP contribution is 2.23. The van der Waals surface area contributed by atoms with E-state index in [1.807, 2.05) is 24.3 Å². The molecule has 2 amide bonds. The monoisotopic (exact) mass is 379 g/mol. The van der Waals surface area contributed by atoms with Gasteiger partial charge in [-0.25, -0.2) is 4.98 Å². The zero-order valence-corrected chi connectivity index (χ0v) is 16.9. The normalized spacial score (nSPS) is 15.1. The van der Waals surface area contributed by atoms with Crippen LogP contribution < -0.4 is 10.6 Å². The fraction of sp³-hybridized carbons (Fsp3) is 0.435. The van der Waals surface area contributed by atoms with Crippen LogP contribution in [0, 0.1) is 0 Å². The number of rotatable bonds is 4. The van der Waals surface area contributed by atoms with Gasteiger partial charge in [-0.15, -0.1) is 0 Å². The van der Waals surface area contributed by atoms with Gasteiger partial charge in [0.05, 0.1) is 0 Å². The predicted octanol–water partition coefficient (Wildman–Crippen LogP) is 4.69. The van der Waals surface area contributed by atoms with Gasteiger partial charge >= 0.3 is 0 Å². The van der Waals surface area contributed by atoms with E-state index in [1.165, 1.54) is 12.0 Å². The van der Waals surface area contributed by atoms with Crippen molar-refractivity contribution in [2.45, 2.75) is 64.3 Å². The van der Waals surface area contributed by atoms with E-state index in [1.54, 1.807) is 18.2 Å². The van der Waals surface area contributed by atoms with E-state index >= 15 is 0 Å². The van der Waals surface area contributed by atoms with Crippen molar-refractivity contribution < 1.29 is 9.59 Å². The summed E-state index contributed by atoms with van der Waals surface area (Å²) in [6.07, 6.45) is 5.55. The van der Waals surface area contributed by atoms with Crippen LogP contribution in [-0.2, 0) is 5.41 Å². The van der Waals surface area contributed by atoms with Crippen molar-refractivity contribution in [3.05, 3.63) is 59.4 Å². The van der Waals surface area contributed by atoms with Crippen LogP contribution in [0.4, 0.5) is 5.69 Å². The standard InChI is InChI=1S/C23H29N3O2/c1-23(2,3)16-12-14-18(15-13-16)25-22(28)20-11-7-10-19(26-20)21(27)24-17-8-5-4-6-9-17/h7,10-15,17H,4-6,8-9H2,1-3H3,(H,24,27)(H,25,28). The van der Waals surface area contributed by atoms with Crippen molar-refractivity contribution in [2.24, 2.45) is 0 Å². The maximum absolute atomic E-state index is 12.6. The molecule has 2 aromatic rings. The molecule has 1 aromatic carbocycles. The third-order valence-corrected chi connectivity index (χ3v) is 5.16. The van der Waals surface area contributed by atoms with E-state index in [4.69, 9.17) is 0 Å². The zero-order chi connectivity index (χ0) is 20.1. The van der Waals surface area contributed by atoms with Crippen molar-refractivity contribution in [3.63, 3.8) is 0 Å². The summed E-state index contributed by atoms with van der Waals surface area (Å²) < 4.78 is 0. The second kappa shape index (κ2) is 8.55. The first kappa shape index (κ1) is 20.1. The van der Waals surface area contributed by atoms with Crippen LogP contribution in [0.5, 0.6) is 0 Å². The van der Waals surface area contributed by atoms with Crippen LogP contribution in [0.2, 0.25) is 0 Å². The van der Waals surface area contributed by atoms with E-state index in [0.29, 0.717) is 5.69 Å². The van der Waals surface area contributed by atoms with Crippen LogP contribution in [0.1, 0.15) is 79.4 Å². The lowest BCUT2D eigenvalue weighted by Gasteiger charge is -2.22. The Morgan fingerprint density at radius 2 is 1.50 bits per heavy atom. The molecule has 2 N–H and O–H groups in total. The molecular weight excluding hydrogens is 350 g/mol. The van der Waals surface area contributed by atoms with Crippen LogP contribution in [0.3, 0.4) is 0 Å². The molecule has 1 aliphatic carbocycles. The first-order valence-electron chi connectivity index (χ1n) is 10.0. The van der Waals surface area contributed by atoms with Crippen molar-refractivity contribution in [3.8, 4) is 0 Å². The molecule has 0 unspecified atom stereocenters. The lowest BCUT2D eigenvalue weighted by Crippen LogP contribution is -2.36. The fourth-order valence-electron chi connectivity index (χ4n) is 3.44. The third-order valence-electron chi connectivity index (χ3n) is 5.16. The highest BCUT2D eigenvalue weighted by Gasteiger charge is 2.19. The summed E-state index contributed by atoms with van der Waals surface area (Å²) in [5.74, 6) is -0.535. The molecule has 0 bridgehead atoms. The number of carbonyl (C=O) groups is 2. The Kier molecular flexibility index (Phi) is 6.12. The second-order valence-corrected chi connectivity index (χ2v) is 8.50. The Balaban J connectivity index is 1.65. The summed E-state index contributed by atoms with van der Waals surface area (Å²) in [6.45, 7) is 6.44. The van der Waals surface area contributed by atoms with E-state index in [-0.39, 0.29) is 34.7 Å². The van der Waals surface area contributed by atoms with E-state index in [9.17, 15) is 9.59 Å². The Hall–Kier alpha value is -2.69. The topological polar surface area (TPSA) is 71.1 Å². The molecule has 5 heteroatoms. The number of amides is 2. The number of pyridine rings is 1. The first-order valence-corrected chi connectivity index (χ1v) is 10.0. The molecule has 0 aliphatic heterocycles. The molecule has 1 fully saturated rings. The van der Waals surface area contributed by atoms with Gasteiger partial charge in [0.25, 0.3) is 11.8 Å². The molecule has 1 heterocycles. The van der Waals surface area contributed by atoms with Gasteiger partial charge in [-0.3, -0.25) is 9.59 Å². The van der Waals surface area contributed by atoms with E-state index in [0.717, 1.165) is 25.7 Å². The number of hydrogen-bond donors (Lipinski definition) is 2. The van der Waals surface area contributed by atoms with Gasteiger partial charge in [-0.2, -0.15) is 0 Å². The number of nitrogens with one attached hydrogen (secondary N) is 2. The molecule has 0 atom stereocenters. The molecule has 0 saturated heterocycles. The molecule has 28 heavy (non-hydrogen) atoms. The molecule has 1 aromatic heterocycles. The Morgan fingerprint density at radius 1 is 0.893 bits per heavy atom. The third kappa shape index (κ3) is 5.18.